The molecule has 0 aliphatic carbocycles. The van der Waals surface area contributed by atoms with Crippen LogP contribution in [0.15, 0.2) is 30.3 Å². The summed E-state index contributed by atoms with van der Waals surface area (Å²) in [5, 5.41) is 3.21. The molecular weight excluding hydrogens is 312 g/mol. The smallest absolute Gasteiger partial charge is 0.317 e. The number of hydrogen-bond acceptors (Lipinski definition) is 3. The molecule has 2 rings (SSSR count). The van der Waals surface area contributed by atoms with Crippen LogP contribution in [0.25, 0.3) is 0 Å². The molecule has 140 valence electrons. The van der Waals surface area contributed by atoms with Crippen molar-refractivity contribution in [2.45, 2.75) is 38.8 Å². The Morgan fingerprint density at radius 2 is 1.80 bits per heavy atom. The number of amides is 2. The second-order valence-electron chi connectivity index (χ2n) is 7.21. The number of nitrogens with zero attached hydrogens (tertiary/aromatic N) is 3. The summed E-state index contributed by atoms with van der Waals surface area (Å²) in [6, 6.07) is 10.2. The Morgan fingerprint density at radius 1 is 1.16 bits per heavy atom. The summed E-state index contributed by atoms with van der Waals surface area (Å²) < 4.78 is 0. The highest BCUT2D eigenvalue weighted by atomic mass is 16.2. The first-order valence-corrected chi connectivity index (χ1v) is 9.47. The lowest BCUT2D eigenvalue weighted by atomic mass is 9.86. The van der Waals surface area contributed by atoms with Crippen LogP contribution in [0.3, 0.4) is 0 Å². The molecule has 1 aliphatic rings. The molecule has 5 nitrogen and oxygen atoms in total. The fourth-order valence-electron chi connectivity index (χ4n) is 3.55. The summed E-state index contributed by atoms with van der Waals surface area (Å²) in [6.07, 6.45) is 2.19. The van der Waals surface area contributed by atoms with Gasteiger partial charge in [-0.3, -0.25) is 0 Å². The van der Waals surface area contributed by atoms with Gasteiger partial charge in [-0.25, -0.2) is 4.79 Å². The van der Waals surface area contributed by atoms with Gasteiger partial charge < -0.3 is 20.0 Å². The highest BCUT2D eigenvalue weighted by molar-refractivity contribution is 5.74. The number of carbonyl (C=O) groups is 1. The maximum atomic E-state index is 12.7. The van der Waals surface area contributed by atoms with Crippen molar-refractivity contribution in [2.75, 3.05) is 46.8 Å². The maximum Gasteiger partial charge on any atom is 0.317 e. The van der Waals surface area contributed by atoms with E-state index in [1.807, 2.05) is 30.0 Å². The van der Waals surface area contributed by atoms with Gasteiger partial charge in [0.15, 0.2) is 0 Å². The van der Waals surface area contributed by atoms with Crippen LogP contribution in [-0.4, -0.2) is 73.1 Å². The lowest BCUT2D eigenvalue weighted by molar-refractivity contribution is 0.0585. The molecule has 5 heteroatoms. The first-order valence-electron chi connectivity index (χ1n) is 9.47. The van der Waals surface area contributed by atoms with Crippen molar-refractivity contribution in [3.8, 4) is 0 Å². The molecule has 1 heterocycles. The van der Waals surface area contributed by atoms with Gasteiger partial charge in [-0.05, 0) is 59.1 Å². The van der Waals surface area contributed by atoms with Gasteiger partial charge in [-0.2, -0.15) is 0 Å². The van der Waals surface area contributed by atoms with Crippen molar-refractivity contribution in [1.29, 1.82) is 0 Å². The Hall–Kier alpha value is -1.59. The van der Waals surface area contributed by atoms with E-state index in [0.29, 0.717) is 19.6 Å². The van der Waals surface area contributed by atoms with Crippen LogP contribution >= 0.6 is 0 Å². The first kappa shape index (κ1) is 19.7. The monoisotopic (exact) mass is 346 g/mol. The molecular formula is C20H34N4O. The Bertz CT molecular complexity index is 524. The van der Waals surface area contributed by atoms with Gasteiger partial charge >= 0.3 is 6.03 Å². The van der Waals surface area contributed by atoms with Gasteiger partial charge in [0.05, 0.1) is 0 Å². The molecule has 0 unspecified atom stereocenters. The molecule has 1 saturated heterocycles. The highest BCUT2D eigenvalue weighted by Crippen LogP contribution is 2.26. The minimum absolute atomic E-state index is 0.0329. The average Bonchev–Trinajstić information content (AvgIpc) is 2.65. The van der Waals surface area contributed by atoms with Gasteiger partial charge in [0.2, 0.25) is 0 Å². The Labute approximate surface area is 153 Å². The largest absolute Gasteiger partial charge is 0.336 e. The molecule has 1 fully saturated rings. The van der Waals surface area contributed by atoms with E-state index in [1.165, 1.54) is 0 Å². The summed E-state index contributed by atoms with van der Waals surface area (Å²) in [6.45, 7) is 9.63. The topological polar surface area (TPSA) is 38.8 Å². The maximum absolute atomic E-state index is 12.7. The Morgan fingerprint density at radius 3 is 2.32 bits per heavy atom. The molecule has 25 heavy (non-hydrogen) atoms. The standard InChI is InChI=1S/C20H34N4O/c1-5-23-14-12-20(13-15-23,22(3)4)17-21-19(25)24(6-2)16-18-10-8-7-9-11-18/h7-11H,5-6,12-17H2,1-4H3,(H,21,25). The van der Waals surface area contributed by atoms with Crippen molar-refractivity contribution in [1.82, 2.24) is 20.0 Å². The van der Waals surface area contributed by atoms with Crippen LogP contribution < -0.4 is 5.32 Å². The van der Waals surface area contributed by atoms with E-state index in [1.54, 1.807) is 0 Å². The van der Waals surface area contributed by atoms with E-state index in [4.69, 9.17) is 0 Å². The molecule has 1 aliphatic heterocycles. The third-order valence-electron chi connectivity index (χ3n) is 5.64. The van der Waals surface area contributed by atoms with Crippen LogP contribution in [0.2, 0.25) is 0 Å². The highest BCUT2D eigenvalue weighted by Gasteiger charge is 2.36. The van der Waals surface area contributed by atoms with Crippen molar-refractivity contribution in [3.63, 3.8) is 0 Å². The van der Waals surface area contributed by atoms with Crippen LogP contribution in [0.1, 0.15) is 32.3 Å². The van der Waals surface area contributed by atoms with Gasteiger partial charge in [0, 0.05) is 25.2 Å². The van der Waals surface area contributed by atoms with Crippen LogP contribution in [0, 0.1) is 0 Å². The lowest BCUT2D eigenvalue weighted by Crippen LogP contribution is -2.59. The SMILES string of the molecule is CCN1CCC(CNC(=O)N(CC)Cc2ccccc2)(N(C)C)CC1. The minimum Gasteiger partial charge on any atom is -0.336 e. The molecule has 0 spiro atoms. The number of likely N-dealkylation sites (N-methyl/N-ethyl adjacent to an activating group) is 1. The zero-order valence-corrected chi connectivity index (χ0v) is 16.3. The fraction of sp³-hybridized carbons (Fsp3) is 0.650. The molecule has 1 aromatic rings. The first-order chi connectivity index (χ1) is 12.0. The number of urea groups is 1. The van der Waals surface area contributed by atoms with Crippen LogP contribution in [0.4, 0.5) is 4.79 Å². The van der Waals surface area contributed by atoms with Gasteiger partial charge in [-0.15, -0.1) is 0 Å². The van der Waals surface area contributed by atoms with Crippen molar-refractivity contribution in [2.24, 2.45) is 0 Å². The average molecular weight is 347 g/mol. The van der Waals surface area contributed by atoms with Crippen LogP contribution in [-0.2, 0) is 6.54 Å². The summed E-state index contributed by atoms with van der Waals surface area (Å²) in [5.41, 5.74) is 1.23. The lowest BCUT2D eigenvalue weighted by Gasteiger charge is -2.46. The molecule has 0 saturated carbocycles. The van der Waals surface area contributed by atoms with E-state index in [9.17, 15) is 4.79 Å². The van der Waals surface area contributed by atoms with Crippen molar-refractivity contribution >= 4 is 6.03 Å². The number of nitrogens with one attached hydrogen (secondary N) is 1. The van der Waals surface area contributed by atoms with Gasteiger partial charge in [0.1, 0.15) is 0 Å². The summed E-state index contributed by atoms with van der Waals surface area (Å²) in [4.78, 5) is 19.4. The third kappa shape index (κ3) is 5.19. The fourth-order valence-corrected chi connectivity index (χ4v) is 3.55. The Kier molecular flexibility index (Phi) is 7.26. The molecule has 2 amide bonds. The Balaban J connectivity index is 1.93. The van der Waals surface area contributed by atoms with Gasteiger partial charge in [-0.1, -0.05) is 37.3 Å². The van der Waals surface area contributed by atoms with Crippen molar-refractivity contribution in [3.05, 3.63) is 35.9 Å². The summed E-state index contributed by atoms with van der Waals surface area (Å²) in [5.74, 6) is 0. The van der Waals surface area contributed by atoms with E-state index in [0.717, 1.165) is 38.0 Å². The number of rotatable bonds is 7. The van der Waals surface area contributed by atoms with Crippen molar-refractivity contribution < 1.29 is 4.79 Å². The normalized spacial score (nSPS) is 17.5. The summed E-state index contributed by atoms with van der Waals surface area (Å²) >= 11 is 0. The number of hydrogen-bond donors (Lipinski definition) is 1. The molecule has 0 aromatic heterocycles. The number of benzene rings is 1. The summed E-state index contributed by atoms with van der Waals surface area (Å²) in [7, 11) is 4.27. The van der Waals surface area contributed by atoms with Gasteiger partial charge in [0.25, 0.3) is 0 Å². The zero-order valence-electron chi connectivity index (χ0n) is 16.3. The molecule has 0 atom stereocenters. The third-order valence-corrected chi connectivity index (χ3v) is 5.64. The van der Waals surface area contributed by atoms with E-state index in [2.05, 4.69) is 48.3 Å². The molecule has 1 aromatic carbocycles. The van der Waals surface area contributed by atoms with E-state index >= 15 is 0 Å². The van der Waals surface area contributed by atoms with E-state index in [-0.39, 0.29) is 11.6 Å². The quantitative estimate of drug-likeness (QED) is 0.825. The minimum atomic E-state index is 0.0329. The number of piperidine rings is 1. The zero-order chi connectivity index (χ0) is 18.3. The number of carbonyl (C=O) groups excluding carboxylic acids is 1. The number of likely N-dealkylation sites (tertiary alicyclic amines) is 1. The molecule has 1 N–H and O–H groups in total. The molecule has 0 radical (unpaired) electrons. The second kappa shape index (κ2) is 9.20. The predicted molar refractivity (Wildman–Crippen MR) is 104 cm³/mol. The van der Waals surface area contributed by atoms with Crippen LogP contribution in [0.5, 0.6) is 0 Å². The van der Waals surface area contributed by atoms with E-state index < -0.39 is 0 Å². The predicted octanol–water partition coefficient (Wildman–Crippen LogP) is 2.63. The second-order valence-corrected chi connectivity index (χ2v) is 7.21. The molecule has 0 bridgehead atoms.